The molecule has 1 N–H and O–H groups in total. The standard InChI is InChI=1S/C15H16ClNO2S/c1-10-8-13(15(19)17(2)6-7-18)20-14(10)11-4-3-5-12(16)9-11/h3-5,8-9,18H,6-7H2,1-2H3. The first-order chi connectivity index (χ1) is 9.52. The SMILES string of the molecule is Cc1cc(C(=O)N(C)CCO)sc1-c1cccc(Cl)c1. The lowest BCUT2D eigenvalue weighted by Gasteiger charge is -2.13. The Bertz CT molecular complexity index is 624. The van der Waals surface area contributed by atoms with Crippen molar-refractivity contribution in [2.24, 2.45) is 0 Å². The summed E-state index contributed by atoms with van der Waals surface area (Å²) in [7, 11) is 1.69. The number of hydrogen-bond acceptors (Lipinski definition) is 3. The van der Waals surface area contributed by atoms with Gasteiger partial charge >= 0.3 is 0 Å². The van der Waals surface area contributed by atoms with E-state index in [4.69, 9.17) is 16.7 Å². The molecule has 1 amide bonds. The molecule has 0 fully saturated rings. The molecule has 1 aromatic carbocycles. The lowest BCUT2D eigenvalue weighted by molar-refractivity contribution is 0.0771. The van der Waals surface area contributed by atoms with Crippen LogP contribution in [0.25, 0.3) is 10.4 Å². The lowest BCUT2D eigenvalue weighted by atomic mass is 10.1. The normalized spacial score (nSPS) is 10.6. The van der Waals surface area contributed by atoms with Crippen LogP contribution >= 0.6 is 22.9 Å². The monoisotopic (exact) mass is 309 g/mol. The number of carbonyl (C=O) groups is 1. The number of aliphatic hydroxyl groups is 1. The van der Waals surface area contributed by atoms with Crippen molar-refractivity contribution in [3.63, 3.8) is 0 Å². The third kappa shape index (κ3) is 3.20. The zero-order valence-electron chi connectivity index (χ0n) is 11.4. The molecule has 0 spiro atoms. The van der Waals surface area contributed by atoms with E-state index in [1.807, 2.05) is 37.3 Å². The zero-order valence-corrected chi connectivity index (χ0v) is 13.0. The number of benzene rings is 1. The van der Waals surface area contributed by atoms with Gasteiger partial charge in [-0.2, -0.15) is 0 Å². The summed E-state index contributed by atoms with van der Waals surface area (Å²) in [6, 6.07) is 9.49. The van der Waals surface area contributed by atoms with Crippen LogP contribution in [0.4, 0.5) is 0 Å². The van der Waals surface area contributed by atoms with Crippen molar-refractivity contribution in [1.82, 2.24) is 4.90 Å². The molecule has 20 heavy (non-hydrogen) atoms. The van der Waals surface area contributed by atoms with Crippen molar-refractivity contribution in [3.05, 3.63) is 45.8 Å². The molecule has 0 radical (unpaired) electrons. The summed E-state index contributed by atoms with van der Waals surface area (Å²) < 4.78 is 0. The Hall–Kier alpha value is -1.36. The summed E-state index contributed by atoms with van der Waals surface area (Å²) in [6.45, 7) is 2.28. The van der Waals surface area contributed by atoms with Crippen LogP contribution in [-0.2, 0) is 0 Å². The average molecular weight is 310 g/mol. The number of thiophene rings is 1. The van der Waals surface area contributed by atoms with Gasteiger partial charge in [0.1, 0.15) is 0 Å². The third-order valence-electron chi connectivity index (χ3n) is 3.00. The number of aliphatic hydroxyl groups excluding tert-OH is 1. The lowest BCUT2D eigenvalue weighted by Crippen LogP contribution is -2.28. The molecule has 0 aliphatic carbocycles. The van der Waals surface area contributed by atoms with Gasteiger partial charge in [0.2, 0.25) is 0 Å². The average Bonchev–Trinajstić information content (AvgIpc) is 2.80. The van der Waals surface area contributed by atoms with Crippen molar-refractivity contribution in [2.45, 2.75) is 6.92 Å². The van der Waals surface area contributed by atoms with Gasteiger partial charge in [0.15, 0.2) is 0 Å². The molecule has 1 heterocycles. The minimum absolute atomic E-state index is 0.0340. The molecule has 106 valence electrons. The summed E-state index contributed by atoms with van der Waals surface area (Å²) in [5.41, 5.74) is 2.07. The smallest absolute Gasteiger partial charge is 0.263 e. The minimum atomic E-state index is -0.0690. The van der Waals surface area contributed by atoms with E-state index in [-0.39, 0.29) is 12.5 Å². The molecule has 0 saturated carbocycles. The van der Waals surface area contributed by atoms with Gasteiger partial charge in [-0.25, -0.2) is 0 Å². The van der Waals surface area contributed by atoms with Crippen LogP contribution in [0.1, 0.15) is 15.2 Å². The molecule has 2 aromatic rings. The fraction of sp³-hybridized carbons (Fsp3) is 0.267. The van der Waals surface area contributed by atoms with E-state index in [9.17, 15) is 4.79 Å². The fourth-order valence-electron chi connectivity index (χ4n) is 1.94. The number of hydrogen-bond donors (Lipinski definition) is 1. The summed E-state index contributed by atoms with van der Waals surface area (Å²) in [6.07, 6.45) is 0. The van der Waals surface area contributed by atoms with E-state index >= 15 is 0 Å². The molecule has 5 heteroatoms. The largest absolute Gasteiger partial charge is 0.395 e. The Morgan fingerprint density at radius 3 is 2.80 bits per heavy atom. The highest BCUT2D eigenvalue weighted by atomic mass is 35.5. The maximum absolute atomic E-state index is 12.2. The molecule has 0 bridgehead atoms. The Balaban J connectivity index is 2.32. The van der Waals surface area contributed by atoms with Gasteiger partial charge in [-0.15, -0.1) is 11.3 Å². The molecule has 1 aromatic heterocycles. The van der Waals surface area contributed by atoms with Crippen molar-refractivity contribution >= 4 is 28.8 Å². The highest BCUT2D eigenvalue weighted by Gasteiger charge is 2.16. The molecular formula is C15H16ClNO2S. The molecule has 0 atom stereocenters. The molecule has 0 aliphatic rings. The van der Waals surface area contributed by atoms with Crippen molar-refractivity contribution < 1.29 is 9.90 Å². The molecule has 0 unspecified atom stereocenters. The highest BCUT2D eigenvalue weighted by molar-refractivity contribution is 7.17. The molecule has 2 rings (SSSR count). The van der Waals surface area contributed by atoms with Crippen LogP contribution < -0.4 is 0 Å². The highest BCUT2D eigenvalue weighted by Crippen LogP contribution is 2.34. The van der Waals surface area contributed by atoms with Crippen LogP contribution in [0.15, 0.2) is 30.3 Å². The van der Waals surface area contributed by atoms with Gasteiger partial charge in [0.25, 0.3) is 5.91 Å². The first kappa shape index (κ1) is 15.0. The predicted molar refractivity (Wildman–Crippen MR) is 83.5 cm³/mol. The zero-order chi connectivity index (χ0) is 14.7. The van der Waals surface area contributed by atoms with E-state index in [2.05, 4.69) is 0 Å². The van der Waals surface area contributed by atoms with Gasteiger partial charge in [0, 0.05) is 23.5 Å². The van der Waals surface area contributed by atoms with E-state index < -0.39 is 0 Å². The van der Waals surface area contributed by atoms with Crippen LogP contribution in [-0.4, -0.2) is 36.1 Å². The number of halogens is 1. The summed E-state index contributed by atoms with van der Waals surface area (Å²) in [4.78, 5) is 15.4. The number of aryl methyl sites for hydroxylation is 1. The van der Waals surface area contributed by atoms with Crippen LogP contribution in [0, 0.1) is 6.92 Å². The summed E-state index contributed by atoms with van der Waals surface area (Å²) in [5, 5.41) is 9.58. The van der Waals surface area contributed by atoms with Gasteiger partial charge in [-0.1, -0.05) is 23.7 Å². The topological polar surface area (TPSA) is 40.5 Å². The Morgan fingerprint density at radius 1 is 1.40 bits per heavy atom. The molecule has 3 nitrogen and oxygen atoms in total. The van der Waals surface area contributed by atoms with Crippen molar-refractivity contribution in [3.8, 4) is 10.4 Å². The van der Waals surface area contributed by atoms with Gasteiger partial charge in [-0.05, 0) is 36.2 Å². The van der Waals surface area contributed by atoms with E-state index in [0.29, 0.717) is 16.4 Å². The van der Waals surface area contributed by atoms with Gasteiger partial charge < -0.3 is 10.0 Å². The quantitative estimate of drug-likeness (QED) is 0.940. The van der Waals surface area contributed by atoms with E-state index in [1.165, 1.54) is 16.2 Å². The van der Waals surface area contributed by atoms with Crippen molar-refractivity contribution in [1.29, 1.82) is 0 Å². The van der Waals surface area contributed by atoms with E-state index in [1.54, 1.807) is 7.05 Å². The second-order valence-electron chi connectivity index (χ2n) is 4.58. The minimum Gasteiger partial charge on any atom is -0.395 e. The van der Waals surface area contributed by atoms with Crippen LogP contribution in [0.2, 0.25) is 5.02 Å². The first-order valence-corrected chi connectivity index (χ1v) is 7.45. The fourth-order valence-corrected chi connectivity index (χ4v) is 3.30. The second-order valence-corrected chi connectivity index (χ2v) is 6.07. The Morgan fingerprint density at radius 2 is 2.15 bits per heavy atom. The maximum atomic E-state index is 12.2. The Kier molecular flexibility index (Phi) is 4.81. The van der Waals surface area contributed by atoms with Crippen LogP contribution in [0.5, 0.6) is 0 Å². The van der Waals surface area contributed by atoms with Crippen molar-refractivity contribution in [2.75, 3.05) is 20.2 Å². The number of amides is 1. The first-order valence-electron chi connectivity index (χ1n) is 6.25. The van der Waals surface area contributed by atoms with Crippen LogP contribution in [0.3, 0.4) is 0 Å². The molecule has 0 aliphatic heterocycles. The molecular weight excluding hydrogens is 294 g/mol. The number of carbonyl (C=O) groups excluding carboxylic acids is 1. The van der Waals surface area contributed by atoms with Gasteiger partial charge in [0.05, 0.1) is 11.5 Å². The second kappa shape index (κ2) is 6.39. The number of rotatable bonds is 4. The Labute approximate surface area is 127 Å². The predicted octanol–water partition coefficient (Wildman–Crippen LogP) is 3.44. The number of nitrogens with zero attached hydrogens (tertiary/aromatic N) is 1. The van der Waals surface area contributed by atoms with E-state index in [0.717, 1.165) is 16.0 Å². The van der Waals surface area contributed by atoms with Gasteiger partial charge in [-0.3, -0.25) is 4.79 Å². The summed E-state index contributed by atoms with van der Waals surface area (Å²) in [5.74, 6) is -0.0690. The molecule has 0 saturated heterocycles. The number of likely N-dealkylation sites (N-methyl/N-ethyl adjacent to an activating group) is 1. The third-order valence-corrected chi connectivity index (χ3v) is 4.51. The maximum Gasteiger partial charge on any atom is 0.263 e. The summed E-state index contributed by atoms with van der Waals surface area (Å²) >= 11 is 7.46.